The van der Waals surface area contributed by atoms with Crippen LogP contribution in [0.3, 0.4) is 0 Å². The number of methoxy groups -OCH3 is 3. The van der Waals surface area contributed by atoms with Gasteiger partial charge >= 0.3 is 0 Å². The van der Waals surface area contributed by atoms with E-state index >= 15 is 0 Å². The van der Waals surface area contributed by atoms with Crippen LogP contribution in [0.5, 0.6) is 11.5 Å². The van der Waals surface area contributed by atoms with E-state index in [9.17, 15) is 0 Å². The number of hydrogen-bond donors (Lipinski definition) is 2. The monoisotopic (exact) mass is 282 g/mol. The molecule has 0 aromatic heterocycles. The second-order valence-corrected chi connectivity index (χ2v) is 5.33. The van der Waals surface area contributed by atoms with Crippen LogP contribution in [0, 0.1) is 0 Å². The van der Waals surface area contributed by atoms with Crippen LogP contribution in [0.4, 0.5) is 0 Å². The summed E-state index contributed by atoms with van der Waals surface area (Å²) < 4.78 is 16.1. The van der Waals surface area contributed by atoms with Crippen LogP contribution in [-0.2, 0) is 4.74 Å². The number of benzene rings is 1. The lowest BCUT2D eigenvalue weighted by Crippen LogP contribution is -2.31. The second kappa shape index (κ2) is 7.47. The highest BCUT2D eigenvalue weighted by molar-refractivity contribution is 5.42. The van der Waals surface area contributed by atoms with Gasteiger partial charge in [-0.1, -0.05) is 6.07 Å². The second-order valence-electron chi connectivity index (χ2n) is 5.33. The Bertz CT molecular complexity index is 422. The van der Waals surface area contributed by atoms with Crippen molar-refractivity contribution in [3.05, 3.63) is 23.8 Å². The number of nitrogens with one attached hydrogen (secondary N) is 1. The molecule has 0 bridgehead atoms. The third kappa shape index (κ3) is 4.37. The molecular weight excluding hydrogens is 256 g/mol. The number of ether oxygens (including phenoxy) is 3. The minimum atomic E-state index is -0.172. The summed E-state index contributed by atoms with van der Waals surface area (Å²) in [6.07, 6.45) is 1.73. The standard InChI is InChI=1S/C15H26N2O3/c1-15(2,20-5)9-8-13(17-16)12-7-6-11(18-3)10-14(12)19-4/h6-7,10,13,17H,8-9,16H2,1-5H3. The lowest BCUT2D eigenvalue weighted by Gasteiger charge is -2.26. The van der Waals surface area contributed by atoms with E-state index < -0.39 is 0 Å². The van der Waals surface area contributed by atoms with Gasteiger partial charge < -0.3 is 14.2 Å². The Hall–Kier alpha value is -1.30. The van der Waals surface area contributed by atoms with Gasteiger partial charge in [-0.2, -0.15) is 0 Å². The number of hydrogen-bond acceptors (Lipinski definition) is 5. The molecule has 0 saturated heterocycles. The van der Waals surface area contributed by atoms with Crippen molar-refractivity contribution in [2.75, 3.05) is 21.3 Å². The molecule has 0 radical (unpaired) electrons. The molecule has 5 heteroatoms. The van der Waals surface area contributed by atoms with Gasteiger partial charge in [0.25, 0.3) is 0 Å². The van der Waals surface area contributed by atoms with Crippen molar-refractivity contribution in [3.63, 3.8) is 0 Å². The smallest absolute Gasteiger partial charge is 0.127 e. The molecule has 0 aliphatic carbocycles. The summed E-state index contributed by atoms with van der Waals surface area (Å²) in [5, 5.41) is 0. The third-order valence-electron chi connectivity index (χ3n) is 3.60. The van der Waals surface area contributed by atoms with Crippen molar-refractivity contribution in [2.24, 2.45) is 5.84 Å². The summed E-state index contributed by atoms with van der Waals surface area (Å²) in [5.41, 5.74) is 3.70. The highest BCUT2D eigenvalue weighted by Crippen LogP contribution is 2.32. The zero-order valence-electron chi connectivity index (χ0n) is 13.0. The molecule has 0 fully saturated rings. The lowest BCUT2D eigenvalue weighted by atomic mass is 9.94. The molecule has 1 aromatic rings. The van der Waals surface area contributed by atoms with E-state index in [0.29, 0.717) is 0 Å². The van der Waals surface area contributed by atoms with Crippen LogP contribution >= 0.6 is 0 Å². The zero-order valence-corrected chi connectivity index (χ0v) is 13.0. The van der Waals surface area contributed by atoms with Gasteiger partial charge in [0.1, 0.15) is 11.5 Å². The number of nitrogens with two attached hydrogens (primary N) is 1. The molecule has 114 valence electrons. The largest absolute Gasteiger partial charge is 0.497 e. The summed E-state index contributed by atoms with van der Waals surface area (Å²) in [4.78, 5) is 0. The van der Waals surface area contributed by atoms with Crippen LogP contribution in [0.25, 0.3) is 0 Å². The Morgan fingerprint density at radius 3 is 2.40 bits per heavy atom. The molecular formula is C15H26N2O3. The van der Waals surface area contributed by atoms with Gasteiger partial charge in [-0.05, 0) is 32.8 Å². The van der Waals surface area contributed by atoms with E-state index in [0.717, 1.165) is 29.9 Å². The van der Waals surface area contributed by atoms with Crippen LogP contribution in [0.1, 0.15) is 38.3 Å². The fourth-order valence-electron chi connectivity index (χ4n) is 2.03. The first-order valence-corrected chi connectivity index (χ1v) is 6.70. The SMILES string of the molecule is COc1ccc(C(CCC(C)(C)OC)NN)c(OC)c1. The summed E-state index contributed by atoms with van der Waals surface area (Å²) in [6, 6.07) is 5.75. The first-order valence-electron chi connectivity index (χ1n) is 6.70. The Balaban J connectivity index is 2.89. The van der Waals surface area contributed by atoms with Crippen molar-refractivity contribution in [3.8, 4) is 11.5 Å². The first kappa shape index (κ1) is 16.8. The van der Waals surface area contributed by atoms with Crippen LogP contribution in [0.2, 0.25) is 0 Å². The molecule has 1 unspecified atom stereocenters. The van der Waals surface area contributed by atoms with Gasteiger partial charge in [0.15, 0.2) is 0 Å². The average Bonchev–Trinajstić information content (AvgIpc) is 2.47. The van der Waals surface area contributed by atoms with Gasteiger partial charge in [-0.15, -0.1) is 0 Å². The predicted molar refractivity (Wildman–Crippen MR) is 79.9 cm³/mol. The van der Waals surface area contributed by atoms with Gasteiger partial charge in [0.2, 0.25) is 0 Å². The van der Waals surface area contributed by atoms with Crippen LogP contribution in [0.15, 0.2) is 18.2 Å². The van der Waals surface area contributed by atoms with Crippen LogP contribution in [-0.4, -0.2) is 26.9 Å². The summed E-state index contributed by atoms with van der Waals surface area (Å²) in [5.74, 6) is 7.22. The number of rotatable bonds is 8. The molecule has 5 nitrogen and oxygen atoms in total. The normalized spacial score (nSPS) is 13.1. The van der Waals surface area contributed by atoms with E-state index in [2.05, 4.69) is 19.3 Å². The summed E-state index contributed by atoms with van der Waals surface area (Å²) in [7, 11) is 5.00. The molecule has 0 heterocycles. The molecule has 1 rings (SSSR count). The van der Waals surface area contributed by atoms with Crippen LogP contribution < -0.4 is 20.7 Å². The topological polar surface area (TPSA) is 65.7 Å². The van der Waals surface area contributed by atoms with Crippen molar-refractivity contribution in [2.45, 2.75) is 38.3 Å². The Kier molecular flexibility index (Phi) is 6.26. The minimum Gasteiger partial charge on any atom is -0.497 e. The molecule has 0 aliphatic heterocycles. The quantitative estimate of drug-likeness (QED) is 0.566. The fourth-order valence-corrected chi connectivity index (χ4v) is 2.03. The molecule has 0 spiro atoms. The van der Waals surface area contributed by atoms with Gasteiger partial charge in [-0.3, -0.25) is 11.3 Å². The van der Waals surface area contributed by atoms with Gasteiger partial charge in [0.05, 0.1) is 19.8 Å². The molecule has 20 heavy (non-hydrogen) atoms. The fraction of sp³-hybridized carbons (Fsp3) is 0.600. The van der Waals surface area contributed by atoms with E-state index in [1.54, 1.807) is 21.3 Å². The first-order chi connectivity index (χ1) is 9.47. The summed E-state index contributed by atoms with van der Waals surface area (Å²) in [6.45, 7) is 4.12. The van der Waals surface area contributed by atoms with Gasteiger partial charge in [0, 0.05) is 24.8 Å². The summed E-state index contributed by atoms with van der Waals surface area (Å²) >= 11 is 0. The third-order valence-corrected chi connectivity index (χ3v) is 3.60. The van der Waals surface area contributed by atoms with E-state index in [4.69, 9.17) is 20.1 Å². The highest BCUT2D eigenvalue weighted by atomic mass is 16.5. The van der Waals surface area contributed by atoms with E-state index in [-0.39, 0.29) is 11.6 Å². The molecule has 0 amide bonds. The van der Waals surface area contributed by atoms with Crippen molar-refractivity contribution < 1.29 is 14.2 Å². The minimum absolute atomic E-state index is 0.00489. The molecule has 1 atom stereocenters. The van der Waals surface area contributed by atoms with E-state index in [1.165, 1.54) is 0 Å². The average molecular weight is 282 g/mol. The molecule has 0 saturated carbocycles. The molecule has 3 N–H and O–H groups in total. The van der Waals surface area contributed by atoms with Crippen molar-refractivity contribution in [1.82, 2.24) is 5.43 Å². The predicted octanol–water partition coefficient (Wildman–Crippen LogP) is 2.41. The maximum Gasteiger partial charge on any atom is 0.127 e. The molecule has 0 aliphatic rings. The van der Waals surface area contributed by atoms with Gasteiger partial charge in [-0.25, -0.2) is 0 Å². The lowest BCUT2D eigenvalue weighted by molar-refractivity contribution is 0.0116. The Morgan fingerprint density at radius 1 is 1.20 bits per heavy atom. The zero-order chi connectivity index (χ0) is 15.2. The van der Waals surface area contributed by atoms with Crippen molar-refractivity contribution >= 4 is 0 Å². The Morgan fingerprint density at radius 2 is 1.90 bits per heavy atom. The number of hydrazine groups is 1. The Labute approximate surface area is 121 Å². The maximum absolute atomic E-state index is 5.69. The van der Waals surface area contributed by atoms with Crippen molar-refractivity contribution in [1.29, 1.82) is 0 Å². The highest BCUT2D eigenvalue weighted by Gasteiger charge is 2.21. The van der Waals surface area contributed by atoms with E-state index in [1.807, 2.05) is 18.2 Å². The molecule has 1 aromatic carbocycles. The maximum atomic E-state index is 5.69.